The van der Waals surface area contributed by atoms with Gasteiger partial charge in [-0.2, -0.15) is 4.98 Å². The Hall–Kier alpha value is -5.45. The Labute approximate surface area is 230 Å². The van der Waals surface area contributed by atoms with Gasteiger partial charge in [0.2, 0.25) is 12.7 Å². The Morgan fingerprint density at radius 2 is 1.65 bits per heavy atom. The number of methoxy groups -OCH3 is 2. The second kappa shape index (κ2) is 11.1. The van der Waals surface area contributed by atoms with Crippen LogP contribution in [0.4, 0.5) is 28.8 Å². The second-order valence-corrected chi connectivity index (χ2v) is 8.88. The van der Waals surface area contributed by atoms with Gasteiger partial charge in [-0.1, -0.05) is 12.1 Å². The number of hydrogen-bond acceptors (Lipinski definition) is 10. The van der Waals surface area contributed by atoms with Gasteiger partial charge in [0.05, 0.1) is 19.8 Å². The van der Waals surface area contributed by atoms with Gasteiger partial charge in [-0.15, -0.1) is 5.10 Å². The Morgan fingerprint density at radius 1 is 0.825 bits per heavy atom. The monoisotopic (exact) mass is 537 g/mol. The molecule has 0 saturated heterocycles. The van der Waals surface area contributed by atoms with Gasteiger partial charge in [-0.25, -0.2) is 4.98 Å². The van der Waals surface area contributed by atoms with Crippen molar-refractivity contribution in [3.8, 4) is 34.4 Å². The first kappa shape index (κ1) is 24.9. The number of nitrogens with one attached hydrogen (secondary N) is 4. The highest BCUT2D eigenvalue weighted by atomic mass is 16.7. The summed E-state index contributed by atoms with van der Waals surface area (Å²) in [4.78, 5) is 9.16. The first-order chi connectivity index (χ1) is 19.7. The van der Waals surface area contributed by atoms with Gasteiger partial charge < -0.3 is 34.9 Å². The molecule has 40 heavy (non-hydrogen) atoms. The summed E-state index contributed by atoms with van der Waals surface area (Å²) in [7, 11) is 3.22. The topological polar surface area (TPSA) is 127 Å². The number of rotatable bonds is 10. The molecule has 0 fully saturated rings. The number of hydrogen-bond donors (Lipinski definition) is 4. The molecule has 6 rings (SSSR count). The van der Waals surface area contributed by atoms with Gasteiger partial charge in [0, 0.05) is 48.0 Å². The minimum absolute atomic E-state index is 0.263. The minimum Gasteiger partial charge on any atom is -0.497 e. The predicted molar refractivity (Wildman–Crippen MR) is 152 cm³/mol. The van der Waals surface area contributed by atoms with Crippen molar-refractivity contribution in [2.24, 2.45) is 0 Å². The lowest BCUT2D eigenvalue weighted by Gasteiger charge is -2.12. The number of anilines is 5. The van der Waals surface area contributed by atoms with Crippen LogP contribution in [0.25, 0.3) is 11.4 Å². The third-order valence-electron chi connectivity index (χ3n) is 6.21. The van der Waals surface area contributed by atoms with E-state index in [-0.39, 0.29) is 6.79 Å². The number of ether oxygens (including phenoxy) is 4. The summed E-state index contributed by atoms with van der Waals surface area (Å²) in [6.45, 7) is 0.903. The van der Waals surface area contributed by atoms with E-state index in [0.29, 0.717) is 35.6 Å². The molecule has 1 aliphatic heterocycles. The average molecular weight is 538 g/mol. The molecule has 0 atom stereocenters. The number of aromatic nitrogens is 4. The molecule has 0 amide bonds. The lowest BCUT2D eigenvalue weighted by Crippen LogP contribution is -2.00. The molecular formula is C29H27N7O4. The fourth-order valence-corrected chi connectivity index (χ4v) is 4.24. The van der Waals surface area contributed by atoms with E-state index in [1.54, 1.807) is 26.5 Å². The van der Waals surface area contributed by atoms with Crippen molar-refractivity contribution in [1.82, 2.24) is 20.2 Å². The van der Waals surface area contributed by atoms with Crippen molar-refractivity contribution in [1.29, 1.82) is 0 Å². The summed E-state index contributed by atoms with van der Waals surface area (Å²) in [5, 5.41) is 17.4. The first-order valence-electron chi connectivity index (χ1n) is 12.5. The van der Waals surface area contributed by atoms with E-state index >= 15 is 0 Å². The lowest BCUT2D eigenvalue weighted by molar-refractivity contribution is 0.174. The fraction of sp³-hybridized carbons (Fsp3) is 0.138. The van der Waals surface area contributed by atoms with Gasteiger partial charge in [0.15, 0.2) is 17.3 Å². The zero-order valence-electron chi connectivity index (χ0n) is 21.9. The van der Waals surface area contributed by atoms with Gasteiger partial charge in [0.25, 0.3) is 0 Å². The largest absolute Gasteiger partial charge is 0.497 e. The molecule has 3 heterocycles. The van der Waals surface area contributed by atoms with Crippen LogP contribution in [0.15, 0.2) is 79.0 Å². The third kappa shape index (κ3) is 5.53. The highest BCUT2D eigenvalue weighted by Gasteiger charge is 2.14. The first-order valence-corrected chi connectivity index (χ1v) is 12.5. The van der Waals surface area contributed by atoms with Gasteiger partial charge in [-0.05, 0) is 48.0 Å². The zero-order chi connectivity index (χ0) is 27.3. The molecule has 5 aromatic rings. The standard InChI is InChI=1S/C29H27N7O4/c1-37-22-13-21(14-23(15-22)38-2)32-27-24(7-4-10-30-27)28-34-29(36-35-28)33-20-6-3-5-19(12-20)31-16-18-8-9-25-26(11-18)40-17-39-25/h3-15,31H,16-17H2,1-2H3,(H,30,32)(H2,33,34,35,36). The number of benzene rings is 3. The van der Waals surface area contributed by atoms with Gasteiger partial charge in [0.1, 0.15) is 17.3 Å². The van der Waals surface area contributed by atoms with Crippen molar-refractivity contribution < 1.29 is 18.9 Å². The quantitative estimate of drug-likeness (QED) is 0.176. The Kier molecular flexibility index (Phi) is 6.91. The van der Waals surface area contributed by atoms with E-state index < -0.39 is 0 Å². The highest BCUT2D eigenvalue weighted by Crippen LogP contribution is 2.33. The van der Waals surface area contributed by atoms with E-state index in [4.69, 9.17) is 18.9 Å². The lowest BCUT2D eigenvalue weighted by atomic mass is 10.2. The molecule has 4 N–H and O–H groups in total. The molecule has 11 nitrogen and oxygen atoms in total. The Balaban J connectivity index is 1.15. The van der Waals surface area contributed by atoms with Crippen LogP contribution in [-0.2, 0) is 6.54 Å². The molecule has 0 bridgehead atoms. The van der Waals surface area contributed by atoms with Crippen LogP contribution >= 0.6 is 0 Å². The molecule has 0 aliphatic carbocycles. The molecule has 3 aromatic carbocycles. The van der Waals surface area contributed by atoms with Crippen LogP contribution in [0, 0.1) is 0 Å². The summed E-state index contributed by atoms with van der Waals surface area (Å²) >= 11 is 0. The summed E-state index contributed by atoms with van der Waals surface area (Å²) in [6, 6.07) is 23.1. The van der Waals surface area contributed by atoms with Crippen LogP contribution in [0.5, 0.6) is 23.0 Å². The van der Waals surface area contributed by atoms with E-state index in [1.165, 1.54) is 0 Å². The molecule has 0 spiro atoms. The SMILES string of the molecule is COc1cc(Nc2ncccc2-c2nc(Nc3cccc(NCc4ccc5c(c4)OCO5)c3)n[nH]2)cc(OC)c1. The molecule has 1 aliphatic rings. The maximum absolute atomic E-state index is 5.47. The normalized spacial score (nSPS) is 11.7. The number of aromatic amines is 1. The highest BCUT2D eigenvalue weighted by molar-refractivity contribution is 5.76. The van der Waals surface area contributed by atoms with Gasteiger partial charge in [-0.3, -0.25) is 5.10 Å². The van der Waals surface area contributed by atoms with E-state index in [2.05, 4.69) is 36.1 Å². The average Bonchev–Trinajstić information content (AvgIpc) is 3.66. The summed E-state index contributed by atoms with van der Waals surface area (Å²) in [6.07, 6.45) is 1.71. The predicted octanol–water partition coefficient (Wildman–Crippen LogP) is 5.71. The summed E-state index contributed by atoms with van der Waals surface area (Å²) in [5.41, 5.74) is 4.40. The van der Waals surface area contributed by atoms with Crippen LogP contribution in [0.2, 0.25) is 0 Å². The van der Waals surface area contributed by atoms with Gasteiger partial charge >= 0.3 is 0 Å². The number of fused-ring (bicyclic) bond motifs is 1. The maximum atomic E-state index is 5.47. The van der Waals surface area contributed by atoms with Crippen molar-refractivity contribution >= 4 is 28.8 Å². The smallest absolute Gasteiger partial charge is 0.246 e. The minimum atomic E-state index is 0.263. The number of H-pyrrole nitrogens is 1. The molecule has 0 saturated carbocycles. The third-order valence-corrected chi connectivity index (χ3v) is 6.21. The zero-order valence-corrected chi connectivity index (χ0v) is 21.9. The molecule has 0 radical (unpaired) electrons. The Morgan fingerprint density at radius 3 is 2.50 bits per heavy atom. The molecule has 202 valence electrons. The maximum Gasteiger partial charge on any atom is 0.246 e. The van der Waals surface area contributed by atoms with E-state index in [1.807, 2.05) is 66.7 Å². The molecular weight excluding hydrogens is 510 g/mol. The van der Waals surface area contributed by atoms with Crippen molar-refractivity contribution in [2.75, 3.05) is 37.0 Å². The van der Waals surface area contributed by atoms with Crippen molar-refractivity contribution in [2.45, 2.75) is 6.54 Å². The number of pyridine rings is 1. The van der Waals surface area contributed by atoms with E-state index in [9.17, 15) is 0 Å². The second-order valence-electron chi connectivity index (χ2n) is 8.88. The molecule has 2 aromatic heterocycles. The summed E-state index contributed by atoms with van der Waals surface area (Å²) < 4.78 is 21.6. The molecule has 0 unspecified atom stereocenters. The van der Waals surface area contributed by atoms with Crippen molar-refractivity contribution in [3.63, 3.8) is 0 Å². The van der Waals surface area contributed by atoms with Crippen LogP contribution < -0.4 is 34.9 Å². The van der Waals surface area contributed by atoms with Crippen LogP contribution in [-0.4, -0.2) is 41.2 Å². The van der Waals surface area contributed by atoms with E-state index in [0.717, 1.165) is 39.7 Å². The summed E-state index contributed by atoms with van der Waals surface area (Å²) in [5.74, 6) is 4.47. The van der Waals surface area contributed by atoms with Crippen LogP contribution in [0.3, 0.4) is 0 Å². The van der Waals surface area contributed by atoms with Crippen LogP contribution in [0.1, 0.15) is 5.56 Å². The Bertz CT molecular complexity index is 1620. The number of nitrogens with zero attached hydrogens (tertiary/aromatic N) is 3. The van der Waals surface area contributed by atoms with Crippen molar-refractivity contribution in [3.05, 3.63) is 84.6 Å². The fourth-order valence-electron chi connectivity index (χ4n) is 4.24. The molecule has 11 heteroatoms.